The van der Waals surface area contributed by atoms with Gasteiger partial charge in [0.25, 0.3) is 0 Å². The maximum Gasteiger partial charge on any atom is 0.227 e. The first kappa shape index (κ1) is 24.2. The highest BCUT2D eigenvalue weighted by Crippen LogP contribution is 2.27. The summed E-state index contributed by atoms with van der Waals surface area (Å²) in [7, 11) is 0. The number of benzene rings is 2. The highest BCUT2D eigenvalue weighted by molar-refractivity contribution is 5.80. The van der Waals surface area contributed by atoms with Crippen LogP contribution in [-0.4, -0.2) is 66.6 Å². The van der Waals surface area contributed by atoms with Gasteiger partial charge in [0, 0.05) is 19.6 Å². The minimum atomic E-state index is -0.955. The van der Waals surface area contributed by atoms with E-state index in [1.165, 1.54) is 12.1 Å². The zero-order valence-electron chi connectivity index (χ0n) is 19.8. The molecular formula is C27H33FN2O4. The van der Waals surface area contributed by atoms with E-state index in [0.29, 0.717) is 25.3 Å². The zero-order valence-corrected chi connectivity index (χ0v) is 19.8. The predicted molar refractivity (Wildman–Crippen MR) is 127 cm³/mol. The van der Waals surface area contributed by atoms with Gasteiger partial charge >= 0.3 is 0 Å². The number of halogens is 1. The Balaban J connectivity index is 1.48. The van der Waals surface area contributed by atoms with Gasteiger partial charge in [0.2, 0.25) is 11.8 Å². The molecular weight excluding hydrogens is 435 g/mol. The van der Waals surface area contributed by atoms with Crippen molar-refractivity contribution < 1.29 is 23.5 Å². The molecule has 0 spiro atoms. The molecule has 0 aromatic heterocycles. The fourth-order valence-electron chi connectivity index (χ4n) is 4.69. The first-order valence-electron chi connectivity index (χ1n) is 12.1. The number of amides is 2. The van der Waals surface area contributed by atoms with Crippen LogP contribution in [0.1, 0.15) is 36.8 Å². The van der Waals surface area contributed by atoms with E-state index in [9.17, 15) is 14.0 Å². The zero-order chi connectivity index (χ0) is 24.0. The van der Waals surface area contributed by atoms with Crippen molar-refractivity contribution in [3.05, 3.63) is 65.5 Å². The van der Waals surface area contributed by atoms with Gasteiger partial charge in [0.05, 0.1) is 26.0 Å². The monoisotopic (exact) mass is 468 g/mol. The first-order valence-corrected chi connectivity index (χ1v) is 12.1. The molecule has 0 bridgehead atoms. The van der Waals surface area contributed by atoms with E-state index >= 15 is 0 Å². The molecule has 7 heteroatoms. The Labute approximate surface area is 200 Å². The van der Waals surface area contributed by atoms with Gasteiger partial charge in [-0.3, -0.25) is 9.59 Å². The molecule has 34 heavy (non-hydrogen) atoms. The van der Waals surface area contributed by atoms with E-state index in [1.54, 1.807) is 17.0 Å². The average molecular weight is 469 g/mol. The van der Waals surface area contributed by atoms with E-state index in [-0.39, 0.29) is 37.2 Å². The van der Waals surface area contributed by atoms with Crippen LogP contribution in [0.4, 0.5) is 4.39 Å². The molecule has 4 rings (SSSR count). The second-order valence-electron chi connectivity index (χ2n) is 9.37. The number of likely N-dealkylation sites (tertiary alicyclic amines) is 1. The Morgan fingerprint density at radius 1 is 1.00 bits per heavy atom. The maximum absolute atomic E-state index is 13.3. The number of rotatable bonds is 7. The summed E-state index contributed by atoms with van der Waals surface area (Å²) in [6.45, 7) is 4.70. The molecule has 0 N–H and O–H groups in total. The van der Waals surface area contributed by atoms with Crippen LogP contribution < -0.4 is 4.74 Å². The van der Waals surface area contributed by atoms with E-state index in [4.69, 9.17) is 9.47 Å². The SMILES string of the molecule is Cc1cccc(CC(=O)N2CCOC(COc3ccc(F)cc3)(CC(=O)N3CCCCC3)C2)c1. The molecule has 2 aromatic rings. The Morgan fingerprint density at radius 3 is 2.50 bits per heavy atom. The molecule has 1 atom stereocenters. The molecule has 2 heterocycles. The number of hydrogen-bond acceptors (Lipinski definition) is 4. The minimum absolute atomic E-state index is 0.00507. The Hall–Kier alpha value is -2.93. The number of ether oxygens (including phenoxy) is 2. The third-order valence-electron chi connectivity index (χ3n) is 6.54. The molecule has 2 saturated heterocycles. The lowest BCUT2D eigenvalue weighted by Crippen LogP contribution is -2.58. The van der Waals surface area contributed by atoms with E-state index in [0.717, 1.165) is 43.5 Å². The molecule has 0 radical (unpaired) electrons. The number of hydrogen-bond donors (Lipinski definition) is 0. The van der Waals surface area contributed by atoms with Crippen LogP contribution in [0.2, 0.25) is 0 Å². The van der Waals surface area contributed by atoms with Crippen molar-refractivity contribution in [1.29, 1.82) is 0 Å². The van der Waals surface area contributed by atoms with Crippen LogP contribution in [0.3, 0.4) is 0 Å². The maximum atomic E-state index is 13.3. The van der Waals surface area contributed by atoms with Crippen LogP contribution in [-0.2, 0) is 20.7 Å². The van der Waals surface area contributed by atoms with Crippen LogP contribution >= 0.6 is 0 Å². The summed E-state index contributed by atoms with van der Waals surface area (Å²) in [6, 6.07) is 13.7. The lowest BCUT2D eigenvalue weighted by molar-refractivity contribution is -0.166. The van der Waals surface area contributed by atoms with E-state index < -0.39 is 5.60 Å². The van der Waals surface area contributed by atoms with Crippen molar-refractivity contribution >= 4 is 11.8 Å². The second-order valence-corrected chi connectivity index (χ2v) is 9.37. The van der Waals surface area contributed by atoms with Crippen molar-refractivity contribution in [2.75, 3.05) is 39.4 Å². The van der Waals surface area contributed by atoms with Crippen molar-refractivity contribution in [1.82, 2.24) is 9.80 Å². The van der Waals surface area contributed by atoms with Gasteiger partial charge in [-0.2, -0.15) is 0 Å². The van der Waals surface area contributed by atoms with Gasteiger partial charge in [-0.1, -0.05) is 29.8 Å². The third-order valence-corrected chi connectivity index (χ3v) is 6.54. The fourth-order valence-corrected chi connectivity index (χ4v) is 4.69. The average Bonchev–Trinajstić information content (AvgIpc) is 2.84. The van der Waals surface area contributed by atoms with Gasteiger partial charge in [0.1, 0.15) is 23.8 Å². The Morgan fingerprint density at radius 2 is 1.76 bits per heavy atom. The van der Waals surface area contributed by atoms with E-state index in [2.05, 4.69) is 0 Å². The molecule has 0 saturated carbocycles. The van der Waals surface area contributed by atoms with Crippen molar-refractivity contribution in [3.63, 3.8) is 0 Å². The van der Waals surface area contributed by atoms with Gasteiger partial charge < -0.3 is 19.3 Å². The quantitative estimate of drug-likeness (QED) is 0.621. The fraction of sp³-hybridized carbons (Fsp3) is 0.481. The predicted octanol–water partition coefficient (Wildman–Crippen LogP) is 3.76. The van der Waals surface area contributed by atoms with E-state index in [1.807, 2.05) is 36.1 Å². The number of piperidine rings is 1. The standard InChI is InChI=1S/C27H33FN2O4/c1-21-6-5-7-22(16-21)17-25(31)30-14-15-34-27(19-30,18-26(32)29-12-3-2-4-13-29)20-33-24-10-8-23(28)9-11-24/h5-11,16H,2-4,12-15,17-20H2,1H3. The molecule has 182 valence electrons. The summed E-state index contributed by atoms with van der Waals surface area (Å²) in [6.07, 6.45) is 3.60. The Kier molecular flexibility index (Phi) is 7.83. The number of carbonyl (C=O) groups excluding carboxylic acids is 2. The van der Waals surface area contributed by atoms with Gasteiger partial charge in [0.15, 0.2) is 0 Å². The number of carbonyl (C=O) groups is 2. The largest absolute Gasteiger partial charge is 0.490 e. The Bertz CT molecular complexity index is 990. The molecule has 1 unspecified atom stereocenters. The summed E-state index contributed by atoms with van der Waals surface area (Å²) in [4.78, 5) is 30.0. The summed E-state index contributed by atoms with van der Waals surface area (Å²) in [5.74, 6) is 0.183. The molecule has 2 amide bonds. The van der Waals surface area contributed by atoms with Crippen LogP contribution in [0, 0.1) is 12.7 Å². The lowest BCUT2D eigenvalue weighted by Gasteiger charge is -2.43. The number of morpholine rings is 1. The minimum Gasteiger partial charge on any atom is -0.490 e. The second kappa shape index (κ2) is 11.0. The van der Waals surface area contributed by atoms with Gasteiger partial charge in [-0.15, -0.1) is 0 Å². The first-order chi connectivity index (χ1) is 16.4. The van der Waals surface area contributed by atoms with Crippen molar-refractivity contribution in [2.45, 2.75) is 44.6 Å². The summed E-state index contributed by atoms with van der Waals surface area (Å²) < 4.78 is 25.4. The normalized spacial score (nSPS) is 20.8. The third kappa shape index (κ3) is 6.35. The smallest absolute Gasteiger partial charge is 0.227 e. The topological polar surface area (TPSA) is 59.1 Å². The van der Waals surface area contributed by atoms with Gasteiger partial charge in [-0.25, -0.2) is 4.39 Å². The van der Waals surface area contributed by atoms with Gasteiger partial charge in [-0.05, 0) is 56.0 Å². The molecule has 2 aliphatic rings. The molecule has 0 aliphatic carbocycles. The molecule has 2 aromatic carbocycles. The van der Waals surface area contributed by atoms with Crippen molar-refractivity contribution in [3.8, 4) is 5.75 Å². The number of nitrogens with zero attached hydrogens (tertiary/aromatic N) is 2. The lowest BCUT2D eigenvalue weighted by atomic mass is 9.95. The summed E-state index contributed by atoms with van der Waals surface area (Å²) in [5.41, 5.74) is 1.12. The van der Waals surface area contributed by atoms with Crippen LogP contribution in [0.5, 0.6) is 5.75 Å². The van der Waals surface area contributed by atoms with Crippen LogP contribution in [0.25, 0.3) is 0 Å². The summed E-state index contributed by atoms with van der Waals surface area (Å²) in [5, 5.41) is 0. The highest BCUT2D eigenvalue weighted by atomic mass is 19.1. The highest BCUT2D eigenvalue weighted by Gasteiger charge is 2.42. The molecule has 2 fully saturated rings. The van der Waals surface area contributed by atoms with Crippen LogP contribution in [0.15, 0.2) is 48.5 Å². The summed E-state index contributed by atoms with van der Waals surface area (Å²) >= 11 is 0. The molecule has 6 nitrogen and oxygen atoms in total. The molecule has 2 aliphatic heterocycles. The number of aryl methyl sites for hydroxylation is 1. The van der Waals surface area contributed by atoms with Crippen molar-refractivity contribution in [2.24, 2.45) is 0 Å².